The first-order valence-electron chi connectivity index (χ1n) is 8.08. The van der Waals surface area contributed by atoms with Crippen molar-refractivity contribution in [1.82, 2.24) is 0 Å². The third-order valence-corrected chi connectivity index (χ3v) is 3.71. The molecule has 0 fully saturated rings. The minimum Gasteiger partial charge on any atom is -0.481 e. The largest absolute Gasteiger partial charge is 0.481 e. The summed E-state index contributed by atoms with van der Waals surface area (Å²) in [7, 11) is 0. The zero-order chi connectivity index (χ0) is 17.7. The van der Waals surface area contributed by atoms with Crippen molar-refractivity contribution in [2.45, 2.75) is 34.1 Å². The first kappa shape index (κ1) is 17.9. The maximum atomic E-state index is 12.6. The molecule has 126 valence electrons. The molecule has 4 nitrogen and oxygen atoms in total. The van der Waals surface area contributed by atoms with Gasteiger partial charge in [0.15, 0.2) is 5.90 Å². The fourth-order valence-electron chi connectivity index (χ4n) is 2.28. The summed E-state index contributed by atoms with van der Waals surface area (Å²) in [6.45, 7) is 7.68. The molecule has 0 saturated carbocycles. The van der Waals surface area contributed by atoms with Gasteiger partial charge in [-0.2, -0.15) is 4.99 Å². The molecule has 0 radical (unpaired) electrons. The first-order valence-corrected chi connectivity index (χ1v) is 8.08. The Morgan fingerprint density at radius 1 is 1.04 bits per heavy atom. The Hall–Kier alpha value is -2.49. The normalized spacial score (nSPS) is 12.2. The molecule has 0 aliphatic carbocycles. The number of Topliss-reactive ketones (excluding diaryl/α,β-unsaturated/α-hetero) is 1. The highest BCUT2D eigenvalue weighted by molar-refractivity contribution is 6.12. The molecule has 0 heterocycles. The van der Waals surface area contributed by atoms with E-state index in [0.717, 1.165) is 10.8 Å². The SMILES string of the molecule is CCO/C(CC(=O)C(C)(C)C)=N/C(=O)c1cccc2ccccc12. The molecule has 0 saturated heterocycles. The Labute approximate surface area is 142 Å². The Balaban J connectivity index is 2.34. The average molecular weight is 325 g/mol. The highest BCUT2D eigenvalue weighted by Gasteiger charge is 2.24. The summed E-state index contributed by atoms with van der Waals surface area (Å²) in [4.78, 5) is 28.9. The lowest BCUT2D eigenvalue weighted by Crippen LogP contribution is -2.24. The van der Waals surface area contributed by atoms with Gasteiger partial charge in [-0.25, -0.2) is 0 Å². The van der Waals surface area contributed by atoms with E-state index in [4.69, 9.17) is 4.74 Å². The van der Waals surface area contributed by atoms with Crippen LogP contribution in [-0.2, 0) is 9.53 Å². The first-order chi connectivity index (χ1) is 11.3. The number of carbonyl (C=O) groups excluding carboxylic acids is 2. The molecule has 0 atom stereocenters. The number of fused-ring (bicyclic) bond motifs is 1. The van der Waals surface area contributed by atoms with Crippen LogP contribution in [0.5, 0.6) is 0 Å². The van der Waals surface area contributed by atoms with E-state index in [0.29, 0.717) is 12.2 Å². The van der Waals surface area contributed by atoms with Gasteiger partial charge in [-0.15, -0.1) is 0 Å². The molecular weight excluding hydrogens is 302 g/mol. The maximum Gasteiger partial charge on any atom is 0.280 e. The lowest BCUT2D eigenvalue weighted by Gasteiger charge is -2.17. The third-order valence-electron chi connectivity index (χ3n) is 3.71. The van der Waals surface area contributed by atoms with Gasteiger partial charge in [0, 0.05) is 11.0 Å². The molecular formula is C20H23NO3. The second-order valence-electron chi connectivity index (χ2n) is 6.62. The van der Waals surface area contributed by atoms with Crippen LogP contribution >= 0.6 is 0 Å². The van der Waals surface area contributed by atoms with E-state index < -0.39 is 11.3 Å². The van der Waals surface area contributed by atoms with Crippen LogP contribution in [0.15, 0.2) is 47.5 Å². The maximum absolute atomic E-state index is 12.6. The molecule has 0 unspecified atom stereocenters. The van der Waals surface area contributed by atoms with Crippen LogP contribution in [0.3, 0.4) is 0 Å². The van der Waals surface area contributed by atoms with Gasteiger partial charge in [-0.05, 0) is 23.8 Å². The molecule has 0 bridgehead atoms. The molecule has 0 spiro atoms. The van der Waals surface area contributed by atoms with Gasteiger partial charge >= 0.3 is 0 Å². The molecule has 2 aromatic rings. The van der Waals surface area contributed by atoms with Crippen molar-refractivity contribution < 1.29 is 14.3 Å². The Morgan fingerprint density at radius 3 is 2.38 bits per heavy atom. The van der Waals surface area contributed by atoms with Gasteiger partial charge in [0.25, 0.3) is 5.91 Å². The van der Waals surface area contributed by atoms with Crippen molar-refractivity contribution in [1.29, 1.82) is 0 Å². The number of hydrogen-bond acceptors (Lipinski definition) is 3. The van der Waals surface area contributed by atoms with Gasteiger partial charge in [0.05, 0.1) is 13.0 Å². The van der Waals surface area contributed by atoms with Crippen LogP contribution in [0.4, 0.5) is 0 Å². The van der Waals surface area contributed by atoms with Crippen LogP contribution in [-0.4, -0.2) is 24.2 Å². The van der Waals surface area contributed by atoms with Crippen LogP contribution in [0.2, 0.25) is 0 Å². The standard InChI is InChI=1S/C20H23NO3/c1-5-24-18(13-17(22)20(2,3)4)21-19(23)16-12-8-10-14-9-6-7-11-15(14)16/h6-12H,5,13H2,1-4H3/b21-18+. The Kier molecular flexibility index (Phi) is 5.50. The highest BCUT2D eigenvalue weighted by Crippen LogP contribution is 2.20. The van der Waals surface area contributed by atoms with Gasteiger partial charge in [-0.3, -0.25) is 9.59 Å². The molecule has 0 N–H and O–H groups in total. The third kappa shape index (κ3) is 4.28. The zero-order valence-electron chi connectivity index (χ0n) is 14.6. The topological polar surface area (TPSA) is 55.7 Å². The van der Waals surface area contributed by atoms with Gasteiger partial charge in [0.1, 0.15) is 5.78 Å². The van der Waals surface area contributed by atoms with Crippen molar-refractivity contribution in [3.05, 3.63) is 48.0 Å². The molecule has 2 aromatic carbocycles. The van der Waals surface area contributed by atoms with Crippen LogP contribution in [0, 0.1) is 5.41 Å². The summed E-state index contributed by atoms with van der Waals surface area (Å²) in [6.07, 6.45) is 0.0217. The molecule has 1 amide bonds. The number of carbonyl (C=O) groups is 2. The molecule has 0 aromatic heterocycles. The predicted molar refractivity (Wildman–Crippen MR) is 96.4 cm³/mol. The molecule has 4 heteroatoms. The van der Waals surface area contributed by atoms with E-state index in [1.807, 2.05) is 57.2 Å². The predicted octanol–water partition coefficient (Wildman–Crippen LogP) is 4.42. The van der Waals surface area contributed by atoms with Crippen molar-refractivity contribution in [2.24, 2.45) is 10.4 Å². The Morgan fingerprint density at radius 2 is 1.71 bits per heavy atom. The van der Waals surface area contributed by atoms with Gasteiger partial charge in [0.2, 0.25) is 0 Å². The van der Waals surface area contributed by atoms with Crippen molar-refractivity contribution in [3.63, 3.8) is 0 Å². The summed E-state index contributed by atoms with van der Waals surface area (Å²) >= 11 is 0. The smallest absolute Gasteiger partial charge is 0.280 e. The van der Waals surface area contributed by atoms with E-state index >= 15 is 0 Å². The van der Waals surface area contributed by atoms with Gasteiger partial charge < -0.3 is 4.74 Å². The molecule has 0 aliphatic rings. The number of amides is 1. The summed E-state index contributed by atoms with van der Waals surface area (Å²) in [6, 6.07) is 13.2. The number of nitrogens with zero attached hydrogens (tertiary/aromatic N) is 1. The minimum atomic E-state index is -0.500. The number of hydrogen-bond donors (Lipinski definition) is 0. The van der Waals surface area contributed by atoms with Crippen molar-refractivity contribution in [2.75, 3.05) is 6.61 Å². The lowest BCUT2D eigenvalue weighted by atomic mass is 9.89. The fraction of sp³-hybridized carbons (Fsp3) is 0.350. The molecule has 24 heavy (non-hydrogen) atoms. The van der Waals surface area contributed by atoms with E-state index in [1.165, 1.54) is 0 Å². The number of ether oxygens (including phenoxy) is 1. The van der Waals surface area contributed by atoms with E-state index in [9.17, 15) is 9.59 Å². The number of benzene rings is 2. The Bertz CT molecular complexity index is 780. The minimum absolute atomic E-state index is 0.0135. The average Bonchev–Trinajstić information content (AvgIpc) is 2.53. The van der Waals surface area contributed by atoms with E-state index in [1.54, 1.807) is 13.0 Å². The molecule has 2 rings (SSSR count). The van der Waals surface area contributed by atoms with Crippen LogP contribution in [0.1, 0.15) is 44.5 Å². The highest BCUT2D eigenvalue weighted by atomic mass is 16.5. The molecule has 0 aliphatic heterocycles. The van der Waals surface area contributed by atoms with E-state index in [-0.39, 0.29) is 18.1 Å². The van der Waals surface area contributed by atoms with Crippen molar-refractivity contribution >= 4 is 28.4 Å². The lowest BCUT2D eigenvalue weighted by molar-refractivity contribution is -0.125. The quantitative estimate of drug-likeness (QED) is 0.617. The summed E-state index contributed by atoms with van der Waals surface area (Å²) < 4.78 is 5.42. The fourth-order valence-corrected chi connectivity index (χ4v) is 2.28. The summed E-state index contributed by atoms with van der Waals surface area (Å²) in [5, 5.41) is 1.81. The summed E-state index contributed by atoms with van der Waals surface area (Å²) in [5.74, 6) is -0.229. The second-order valence-corrected chi connectivity index (χ2v) is 6.62. The van der Waals surface area contributed by atoms with Crippen LogP contribution < -0.4 is 0 Å². The number of ketones is 1. The van der Waals surface area contributed by atoms with Crippen molar-refractivity contribution in [3.8, 4) is 0 Å². The summed E-state index contributed by atoms with van der Waals surface area (Å²) in [5.41, 5.74) is 0.00824. The van der Waals surface area contributed by atoms with Gasteiger partial charge in [-0.1, -0.05) is 57.2 Å². The number of rotatable bonds is 4. The van der Waals surface area contributed by atoms with E-state index in [2.05, 4.69) is 4.99 Å². The zero-order valence-corrected chi connectivity index (χ0v) is 14.6. The second kappa shape index (κ2) is 7.39. The van der Waals surface area contributed by atoms with Crippen LogP contribution in [0.25, 0.3) is 10.8 Å². The monoisotopic (exact) mass is 325 g/mol. The number of aliphatic imine (C=N–C) groups is 1.